The Labute approximate surface area is 248 Å². The van der Waals surface area contributed by atoms with Gasteiger partial charge in [-0.25, -0.2) is 4.79 Å². The van der Waals surface area contributed by atoms with Crippen molar-refractivity contribution < 1.29 is 28.7 Å². The van der Waals surface area contributed by atoms with Gasteiger partial charge in [-0.1, -0.05) is 66.7 Å². The van der Waals surface area contributed by atoms with Gasteiger partial charge in [0.25, 0.3) is 5.91 Å². The first kappa shape index (κ1) is 26.6. The van der Waals surface area contributed by atoms with E-state index >= 15 is 0 Å². The lowest BCUT2D eigenvalue weighted by Crippen LogP contribution is -2.45. The van der Waals surface area contributed by atoms with E-state index in [9.17, 15) is 19.2 Å². The van der Waals surface area contributed by atoms with Gasteiger partial charge in [-0.05, 0) is 65.6 Å². The van der Waals surface area contributed by atoms with Gasteiger partial charge in [-0.3, -0.25) is 19.3 Å². The van der Waals surface area contributed by atoms with E-state index in [-0.39, 0.29) is 23.7 Å². The molecule has 214 valence electrons. The number of para-hydroxylation sites is 1. The monoisotopic (exact) mass is 572 g/mol. The molecule has 0 spiro atoms. The molecule has 2 bridgehead atoms. The van der Waals surface area contributed by atoms with E-state index in [0.717, 1.165) is 27.2 Å². The van der Waals surface area contributed by atoms with Gasteiger partial charge in [0.05, 0.1) is 11.8 Å². The number of imide groups is 1. The number of amides is 3. The topological polar surface area (TPSA) is 102 Å². The highest BCUT2D eigenvalue weighted by molar-refractivity contribution is 6.10. The number of ether oxygens (including phenoxy) is 2. The lowest BCUT2D eigenvalue weighted by atomic mass is 9.55. The van der Waals surface area contributed by atoms with Gasteiger partial charge >= 0.3 is 5.97 Å². The van der Waals surface area contributed by atoms with Crippen LogP contribution < -0.4 is 10.1 Å². The summed E-state index contributed by atoms with van der Waals surface area (Å²) in [6, 6.07) is 30.8. The Morgan fingerprint density at radius 2 is 1.16 bits per heavy atom. The van der Waals surface area contributed by atoms with Crippen molar-refractivity contribution in [1.82, 2.24) is 4.90 Å². The van der Waals surface area contributed by atoms with Gasteiger partial charge in [-0.2, -0.15) is 0 Å². The van der Waals surface area contributed by atoms with Gasteiger partial charge in [0.1, 0.15) is 17.5 Å². The number of carbonyl (C=O) groups excluding carboxylic acids is 4. The summed E-state index contributed by atoms with van der Waals surface area (Å²) in [5, 5.41) is 2.68. The maximum absolute atomic E-state index is 13.8. The third-order valence-electron chi connectivity index (χ3n) is 8.67. The van der Waals surface area contributed by atoms with E-state index in [4.69, 9.17) is 9.47 Å². The van der Waals surface area contributed by atoms with Crippen LogP contribution in [0.5, 0.6) is 11.5 Å². The SMILES string of the molecule is C[C@H](C(=O)OCC(=O)Nc1ccc(Oc2ccccc2)cc1)N1C(=O)[C@@H]2C3c4ccccc4C(c4ccccc43)[C@H]2C1=O. The first-order valence-electron chi connectivity index (χ1n) is 14.3. The molecule has 4 aromatic rings. The zero-order valence-corrected chi connectivity index (χ0v) is 23.3. The summed E-state index contributed by atoms with van der Waals surface area (Å²) in [6.07, 6.45) is 0. The van der Waals surface area contributed by atoms with Crippen LogP contribution in [0, 0.1) is 11.8 Å². The lowest BCUT2D eigenvalue weighted by molar-refractivity contribution is -0.159. The molecule has 1 aliphatic heterocycles. The third-order valence-corrected chi connectivity index (χ3v) is 8.67. The van der Waals surface area contributed by atoms with Crippen molar-refractivity contribution >= 4 is 29.4 Å². The minimum absolute atomic E-state index is 0.262. The molecule has 3 aliphatic carbocycles. The second kappa shape index (κ2) is 10.5. The van der Waals surface area contributed by atoms with Gasteiger partial charge in [0.2, 0.25) is 11.8 Å². The summed E-state index contributed by atoms with van der Waals surface area (Å²) in [6.45, 7) is 0.914. The summed E-state index contributed by atoms with van der Waals surface area (Å²) in [4.78, 5) is 54.3. The molecule has 4 aromatic carbocycles. The smallest absolute Gasteiger partial charge is 0.329 e. The average molecular weight is 573 g/mol. The van der Waals surface area contributed by atoms with Crippen molar-refractivity contribution in [2.75, 3.05) is 11.9 Å². The highest BCUT2D eigenvalue weighted by Gasteiger charge is 2.62. The van der Waals surface area contributed by atoms with Crippen molar-refractivity contribution in [2.24, 2.45) is 11.8 Å². The van der Waals surface area contributed by atoms with Crippen LogP contribution in [0.4, 0.5) is 5.69 Å². The fourth-order valence-electron chi connectivity index (χ4n) is 6.87. The van der Waals surface area contributed by atoms with Crippen LogP contribution in [0.2, 0.25) is 0 Å². The van der Waals surface area contributed by atoms with Crippen molar-refractivity contribution in [1.29, 1.82) is 0 Å². The first-order chi connectivity index (χ1) is 20.9. The van der Waals surface area contributed by atoms with Crippen molar-refractivity contribution in [3.63, 3.8) is 0 Å². The van der Waals surface area contributed by atoms with Crippen LogP contribution in [-0.4, -0.2) is 41.2 Å². The summed E-state index contributed by atoms with van der Waals surface area (Å²) in [7, 11) is 0. The molecule has 0 radical (unpaired) electrons. The Morgan fingerprint density at radius 3 is 1.67 bits per heavy atom. The number of hydrogen-bond acceptors (Lipinski definition) is 6. The molecule has 1 fully saturated rings. The van der Waals surface area contributed by atoms with Crippen LogP contribution in [0.25, 0.3) is 0 Å². The highest BCUT2D eigenvalue weighted by atomic mass is 16.5. The minimum Gasteiger partial charge on any atom is -0.457 e. The molecule has 1 heterocycles. The van der Waals surface area contributed by atoms with Crippen LogP contribution >= 0.6 is 0 Å². The van der Waals surface area contributed by atoms with E-state index in [1.807, 2.05) is 78.9 Å². The average Bonchev–Trinajstić information content (AvgIpc) is 3.30. The molecule has 43 heavy (non-hydrogen) atoms. The molecule has 4 aliphatic rings. The van der Waals surface area contributed by atoms with E-state index in [2.05, 4.69) is 5.32 Å². The quantitative estimate of drug-likeness (QED) is 0.240. The van der Waals surface area contributed by atoms with Gasteiger partial charge in [-0.15, -0.1) is 0 Å². The van der Waals surface area contributed by atoms with Gasteiger partial charge in [0, 0.05) is 17.5 Å². The van der Waals surface area contributed by atoms with Crippen molar-refractivity contribution in [3.05, 3.63) is 125 Å². The number of nitrogens with one attached hydrogen (secondary N) is 1. The summed E-state index contributed by atoms with van der Waals surface area (Å²) in [5.41, 5.74) is 4.73. The predicted octanol–water partition coefficient (Wildman–Crippen LogP) is 5.24. The zero-order chi connectivity index (χ0) is 29.7. The van der Waals surface area contributed by atoms with Crippen LogP contribution in [0.3, 0.4) is 0 Å². The number of hydrogen-bond donors (Lipinski definition) is 1. The Kier molecular flexibility index (Phi) is 6.54. The Hall–Kier alpha value is -5.24. The molecular weight excluding hydrogens is 544 g/mol. The fraction of sp³-hybridized carbons (Fsp3) is 0.200. The number of likely N-dealkylation sites (tertiary alicyclic amines) is 1. The van der Waals surface area contributed by atoms with Gasteiger partial charge < -0.3 is 14.8 Å². The van der Waals surface area contributed by atoms with Gasteiger partial charge in [0.15, 0.2) is 6.61 Å². The first-order valence-corrected chi connectivity index (χ1v) is 14.3. The van der Waals surface area contributed by atoms with Crippen molar-refractivity contribution in [2.45, 2.75) is 24.8 Å². The maximum Gasteiger partial charge on any atom is 0.329 e. The Bertz CT molecular complexity index is 1640. The predicted molar refractivity (Wildman–Crippen MR) is 157 cm³/mol. The van der Waals surface area contributed by atoms with Crippen LogP contribution in [0.15, 0.2) is 103 Å². The molecule has 8 heteroatoms. The number of nitrogens with zero attached hydrogens (tertiary/aromatic N) is 1. The molecule has 0 unspecified atom stereocenters. The van der Waals surface area contributed by atoms with Crippen molar-refractivity contribution in [3.8, 4) is 11.5 Å². The number of esters is 1. The fourth-order valence-corrected chi connectivity index (χ4v) is 6.87. The number of benzene rings is 4. The maximum atomic E-state index is 13.8. The molecule has 8 rings (SSSR count). The normalized spacial score (nSPS) is 21.8. The molecular formula is C35H28N2O6. The van der Waals surface area contributed by atoms with E-state index in [0.29, 0.717) is 17.2 Å². The second-order valence-electron chi connectivity index (χ2n) is 11.1. The molecule has 3 atom stereocenters. The molecule has 0 saturated carbocycles. The standard InChI is InChI=1S/C35H28N2O6/c1-20(35(41)42-19-28(38)36-21-15-17-23(18-16-21)43-22-9-3-2-4-10-22)37-33(39)31-29-24-11-5-6-12-25(24)30(32(31)34(37)40)27-14-8-7-13-26(27)29/h2-18,20,29-32H,19H2,1H3,(H,36,38)/t20-,29?,30?,31-,32-/m1/s1. The molecule has 1 saturated heterocycles. The Balaban J connectivity index is 1.01. The number of carbonyl (C=O) groups is 4. The summed E-state index contributed by atoms with van der Waals surface area (Å²) >= 11 is 0. The molecule has 3 amide bonds. The number of rotatable bonds is 7. The summed E-state index contributed by atoms with van der Waals surface area (Å²) < 4.78 is 11.0. The number of anilines is 1. The van der Waals surface area contributed by atoms with E-state index in [1.54, 1.807) is 24.3 Å². The second-order valence-corrected chi connectivity index (χ2v) is 11.1. The minimum atomic E-state index is -1.17. The summed E-state index contributed by atoms with van der Waals surface area (Å²) in [5.74, 6) is -2.52. The van der Waals surface area contributed by atoms with E-state index < -0.39 is 36.4 Å². The van der Waals surface area contributed by atoms with Crippen LogP contribution in [-0.2, 0) is 23.9 Å². The largest absolute Gasteiger partial charge is 0.457 e. The zero-order valence-electron chi connectivity index (χ0n) is 23.3. The lowest BCUT2D eigenvalue weighted by Gasteiger charge is -2.45. The highest BCUT2D eigenvalue weighted by Crippen LogP contribution is 2.61. The van der Waals surface area contributed by atoms with E-state index in [1.165, 1.54) is 6.92 Å². The van der Waals surface area contributed by atoms with Crippen LogP contribution in [0.1, 0.15) is 41.0 Å². The molecule has 1 N–H and O–H groups in total. The molecule has 0 aromatic heterocycles. The third kappa shape index (κ3) is 4.46. The molecule has 8 nitrogen and oxygen atoms in total. The Morgan fingerprint density at radius 1 is 0.698 bits per heavy atom.